The summed E-state index contributed by atoms with van der Waals surface area (Å²) in [6.07, 6.45) is -8.73. The highest BCUT2D eigenvalue weighted by atomic mass is 127. The third kappa shape index (κ3) is 3.98. The van der Waals surface area contributed by atoms with E-state index in [0.29, 0.717) is 0 Å². The Morgan fingerprint density at radius 2 is 2.05 bits per heavy atom. The molecule has 0 spiro atoms. The van der Waals surface area contributed by atoms with Crippen LogP contribution in [-0.4, -0.2) is 18.1 Å². The van der Waals surface area contributed by atoms with Crippen LogP contribution in [-0.2, 0) is 22.1 Å². The summed E-state index contributed by atoms with van der Waals surface area (Å²) in [6.45, 7) is 0. The summed E-state index contributed by atoms with van der Waals surface area (Å²) >= 11 is 1.44. The lowest BCUT2D eigenvalue weighted by molar-refractivity contribution is -0.143. The van der Waals surface area contributed by atoms with Gasteiger partial charge in [-0.05, 0) is 34.2 Å². The summed E-state index contributed by atoms with van der Waals surface area (Å²) in [5.74, 6) is -0.909. The lowest BCUT2D eigenvalue weighted by atomic mass is 10.1. The molecule has 0 bridgehead atoms. The zero-order chi connectivity index (χ0) is 14.8. The number of aromatic nitrogens is 1. The Bertz CT molecular complexity index is 490. The van der Waals surface area contributed by atoms with Crippen LogP contribution in [0.3, 0.4) is 0 Å². The van der Waals surface area contributed by atoms with Crippen molar-refractivity contribution in [2.24, 2.45) is 0 Å². The highest BCUT2D eigenvalue weighted by molar-refractivity contribution is 14.1. The maximum Gasteiger partial charge on any atom is 0.433 e. The van der Waals surface area contributed by atoms with Crippen LogP contribution in [0.2, 0.25) is 0 Å². The standard InChI is InChI=1S/C10H7F5INO2/c1-19-6(18)3-4-2-5(16)7(9(11)12)17-8(4)10(13,14)15/h2,9H,3H2,1H3. The van der Waals surface area contributed by atoms with Gasteiger partial charge in [0.1, 0.15) is 11.4 Å². The number of hydrogen-bond donors (Lipinski definition) is 0. The van der Waals surface area contributed by atoms with Crippen molar-refractivity contribution in [3.8, 4) is 0 Å². The summed E-state index contributed by atoms with van der Waals surface area (Å²) in [4.78, 5) is 14.0. The molecule has 19 heavy (non-hydrogen) atoms. The number of hydrogen-bond acceptors (Lipinski definition) is 3. The van der Waals surface area contributed by atoms with Gasteiger partial charge in [0.05, 0.1) is 13.5 Å². The minimum atomic E-state index is -4.92. The molecule has 0 amide bonds. The second-order valence-corrected chi connectivity index (χ2v) is 4.58. The van der Waals surface area contributed by atoms with Crippen LogP contribution in [0.15, 0.2) is 6.07 Å². The molecule has 1 aromatic rings. The largest absolute Gasteiger partial charge is 0.469 e. The smallest absolute Gasteiger partial charge is 0.433 e. The number of esters is 1. The Morgan fingerprint density at radius 1 is 1.47 bits per heavy atom. The van der Waals surface area contributed by atoms with Gasteiger partial charge in [0.25, 0.3) is 6.43 Å². The minimum absolute atomic E-state index is 0.139. The lowest BCUT2D eigenvalue weighted by Gasteiger charge is -2.14. The van der Waals surface area contributed by atoms with Crippen LogP contribution in [0.5, 0.6) is 0 Å². The zero-order valence-corrected chi connectivity index (χ0v) is 11.6. The van der Waals surface area contributed by atoms with Crippen molar-refractivity contribution < 1.29 is 31.5 Å². The van der Waals surface area contributed by atoms with Gasteiger partial charge >= 0.3 is 12.1 Å². The Morgan fingerprint density at radius 3 is 2.47 bits per heavy atom. The van der Waals surface area contributed by atoms with E-state index in [0.717, 1.165) is 13.2 Å². The first-order valence-corrected chi connectivity index (χ1v) is 5.86. The molecule has 0 saturated heterocycles. The van der Waals surface area contributed by atoms with Crippen molar-refractivity contribution in [1.82, 2.24) is 4.98 Å². The Labute approximate surface area is 118 Å². The highest BCUT2D eigenvalue weighted by Gasteiger charge is 2.37. The van der Waals surface area contributed by atoms with E-state index in [1.54, 1.807) is 0 Å². The first-order chi connectivity index (χ1) is 8.66. The van der Waals surface area contributed by atoms with Crippen LogP contribution in [0.1, 0.15) is 23.4 Å². The molecule has 0 aliphatic heterocycles. The van der Waals surface area contributed by atoms with Crippen molar-refractivity contribution >= 4 is 28.6 Å². The number of alkyl halides is 5. The fourth-order valence-corrected chi connectivity index (χ4v) is 2.03. The molecule has 0 radical (unpaired) electrons. The summed E-state index contributed by atoms with van der Waals surface area (Å²) in [7, 11) is 1.02. The van der Waals surface area contributed by atoms with Gasteiger partial charge in [0.2, 0.25) is 0 Å². The number of pyridine rings is 1. The van der Waals surface area contributed by atoms with Gasteiger partial charge in [-0.25, -0.2) is 13.8 Å². The fourth-order valence-electron chi connectivity index (χ4n) is 1.30. The molecule has 0 saturated carbocycles. The van der Waals surface area contributed by atoms with Crippen LogP contribution in [0.25, 0.3) is 0 Å². The average Bonchev–Trinajstić information content (AvgIpc) is 2.26. The van der Waals surface area contributed by atoms with Crippen molar-refractivity contribution in [2.45, 2.75) is 19.0 Å². The van der Waals surface area contributed by atoms with Gasteiger partial charge in [0, 0.05) is 3.57 Å². The molecule has 0 aliphatic rings. The summed E-state index contributed by atoms with van der Waals surface area (Å²) in [5, 5.41) is 0. The van der Waals surface area contributed by atoms with E-state index in [2.05, 4.69) is 9.72 Å². The molecule has 1 heterocycles. The highest BCUT2D eigenvalue weighted by Crippen LogP contribution is 2.34. The monoisotopic (exact) mass is 395 g/mol. The van der Waals surface area contributed by atoms with Gasteiger partial charge in [-0.15, -0.1) is 0 Å². The third-order valence-corrected chi connectivity index (χ3v) is 2.98. The number of halogens is 6. The molecule has 0 fully saturated rings. The number of carbonyl (C=O) groups is 1. The summed E-state index contributed by atoms with van der Waals surface area (Å²) in [5.41, 5.74) is -2.94. The SMILES string of the molecule is COC(=O)Cc1cc(I)c(C(F)F)nc1C(F)(F)F. The number of carbonyl (C=O) groups excluding carboxylic acids is 1. The second kappa shape index (κ2) is 5.97. The van der Waals surface area contributed by atoms with E-state index in [-0.39, 0.29) is 3.57 Å². The van der Waals surface area contributed by atoms with Gasteiger partial charge in [0.15, 0.2) is 0 Å². The lowest BCUT2D eigenvalue weighted by Crippen LogP contribution is -2.17. The molecule has 9 heteroatoms. The molecule has 0 aliphatic carbocycles. The van der Waals surface area contributed by atoms with Crippen molar-refractivity contribution in [2.75, 3.05) is 7.11 Å². The molecule has 1 aromatic heterocycles. The topological polar surface area (TPSA) is 39.2 Å². The number of ether oxygens (including phenoxy) is 1. The molecule has 1 rings (SSSR count). The molecule has 0 aromatic carbocycles. The summed E-state index contributed by atoms with van der Waals surface area (Å²) in [6, 6.07) is 0.870. The molecule has 0 atom stereocenters. The molecular weight excluding hydrogens is 388 g/mol. The maximum absolute atomic E-state index is 12.7. The quantitative estimate of drug-likeness (QED) is 0.448. The average molecular weight is 395 g/mol. The van der Waals surface area contributed by atoms with Gasteiger partial charge < -0.3 is 4.74 Å². The van der Waals surface area contributed by atoms with E-state index in [1.165, 1.54) is 22.6 Å². The van der Waals surface area contributed by atoms with Crippen LogP contribution >= 0.6 is 22.6 Å². The molecule has 0 unspecified atom stereocenters. The predicted octanol–water partition coefficient (Wildman–Crippen LogP) is 3.36. The molecule has 0 N–H and O–H groups in total. The van der Waals surface area contributed by atoms with Gasteiger partial charge in [-0.2, -0.15) is 13.2 Å². The first-order valence-electron chi connectivity index (χ1n) is 4.78. The third-order valence-electron chi connectivity index (χ3n) is 2.12. The fraction of sp³-hybridized carbons (Fsp3) is 0.400. The maximum atomic E-state index is 12.7. The van der Waals surface area contributed by atoms with E-state index < -0.39 is 41.9 Å². The Hall–Kier alpha value is -1.00. The van der Waals surface area contributed by atoms with E-state index in [9.17, 15) is 26.7 Å². The first kappa shape index (κ1) is 16.1. The van der Waals surface area contributed by atoms with E-state index >= 15 is 0 Å². The number of methoxy groups -OCH3 is 1. The van der Waals surface area contributed by atoms with Crippen LogP contribution < -0.4 is 0 Å². The van der Waals surface area contributed by atoms with Crippen LogP contribution in [0.4, 0.5) is 22.0 Å². The van der Waals surface area contributed by atoms with Crippen LogP contribution in [0, 0.1) is 3.57 Å². The summed E-state index contributed by atoms with van der Waals surface area (Å²) < 4.78 is 67.3. The Balaban J connectivity index is 3.37. The second-order valence-electron chi connectivity index (χ2n) is 3.41. The Kier molecular flexibility index (Phi) is 5.04. The molecule has 106 valence electrons. The molecule has 3 nitrogen and oxygen atoms in total. The predicted molar refractivity (Wildman–Crippen MR) is 62.6 cm³/mol. The van der Waals surface area contributed by atoms with Crippen molar-refractivity contribution in [3.05, 3.63) is 26.6 Å². The normalized spacial score (nSPS) is 11.8. The number of nitrogens with zero attached hydrogens (tertiary/aromatic N) is 1. The zero-order valence-electron chi connectivity index (χ0n) is 9.39. The number of rotatable bonds is 3. The van der Waals surface area contributed by atoms with E-state index in [1.807, 2.05) is 0 Å². The van der Waals surface area contributed by atoms with Gasteiger partial charge in [-0.3, -0.25) is 4.79 Å². The molecular formula is C10H7F5INO2. The van der Waals surface area contributed by atoms with Crippen molar-refractivity contribution in [3.63, 3.8) is 0 Å². The minimum Gasteiger partial charge on any atom is -0.469 e. The van der Waals surface area contributed by atoms with Crippen molar-refractivity contribution in [1.29, 1.82) is 0 Å². The van der Waals surface area contributed by atoms with E-state index in [4.69, 9.17) is 0 Å². The van der Waals surface area contributed by atoms with Gasteiger partial charge in [-0.1, -0.05) is 0 Å².